The Balaban J connectivity index is 1.69. The van der Waals surface area contributed by atoms with Crippen molar-refractivity contribution in [1.29, 1.82) is 0 Å². The second-order valence-electron chi connectivity index (χ2n) is 6.86. The van der Waals surface area contributed by atoms with Crippen LogP contribution < -0.4 is 11.1 Å². The maximum absolute atomic E-state index is 12.7. The summed E-state index contributed by atoms with van der Waals surface area (Å²) >= 11 is 0. The number of esters is 1. The lowest BCUT2D eigenvalue weighted by molar-refractivity contribution is -0.140. The Hall–Kier alpha value is -3.28. The quantitative estimate of drug-likeness (QED) is 0.294. The summed E-state index contributed by atoms with van der Waals surface area (Å²) < 4.78 is 36.5. The number of hydrogen-bond donors (Lipinski definition) is 3. The van der Waals surface area contributed by atoms with Gasteiger partial charge in [-0.1, -0.05) is 48.5 Å². The van der Waals surface area contributed by atoms with Gasteiger partial charge in [0, 0.05) is 6.54 Å². The summed E-state index contributed by atoms with van der Waals surface area (Å²) in [5, 5.41) is 2.39. The zero-order valence-electron chi connectivity index (χ0n) is 16.4. The number of β-lactam (4-membered cyclic amide) rings is 1. The van der Waals surface area contributed by atoms with Crippen LogP contribution in [0.2, 0.25) is 0 Å². The molecule has 2 aromatic rings. The van der Waals surface area contributed by atoms with Crippen LogP contribution in [0.15, 0.2) is 48.5 Å². The number of nitrogens with one attached hydrogen (secondary N) is 1. The molecule has 2 amide bonds. The van der Waals surface area contributed by atoms with Gasteiger partial charge in [-0.05, 0) is 16.7 Å². The summed E-state index contributed by atoms with van der Waals surface area (Å²) in [6, 6.07) is 12.9. The van der Waals surface area contributed by atoms with Crippen molar-refractivity contribution >= 4 is 28.1 Å². The molecule has 4 N–H and O–H groups in total. The average Bonchev–Trinajstić information content (AvgIpc) is 2.74. The minimum atomic E-state index is -4.64. The fourth-order valence-electron chi connectivity index (χ4n) is 3.16. The number of nitrogens with zero attached hydrogens (tertiary/aromatic N) is 1. The van der Waals surface area contributed by atoms with E-state index < -0.39 is 34.1 Å². The Labute approximate surface area is 178 Å². The summed E-state index contributed by atoms with van der Waals surface area (Å²) in [6.07, 6.45) is -0.251. The highest BCUT2D eigenvalue weighted by atomic mass is 32.2. The Bertz CT molecular complexity index is 1100. The van der Waals surface area contributed by atoms with Gasteiger partial charge in [-0.15, -0.1) is 0 Å². The number of carbonyl (C=O) groups excluding carboxylic acids is 3. The third-order valence-electron chi connectivity index (χ3n) is 4.73. The normalized spacial score (nSPS) is 15.9. The summed E-state index contributed by atoms with van der Waals surface area (Å²) in [6.45, 7) is -0.264. The lowest BCUT2D eigenvalue weighted by Gasteiger charge is -2.35. The van der Waals surface area contributed by atoms with E-state index in [0.717, 1.165) is 5.56 Å². The lowest BCUT2D eigenvalue weighted by Crippen LogP contribution is -2.65. The van der Waals surface area contributed by atoms with Crippen LogP contribution >= 0.6 is 0 Å². The number of hydrogen-bond acceptors (Lipinski definition) is 7. The Morgan fingerprint density at radius 3 is 2.42 bits per heavy atom. The van der Waals surface area contributed by atoms with E-state index in [-0.39, 0.29) is 36.0 Å². The number of nitrogens with two attached hydrogens (primary N) is 1. The summed E-state index contributed by atoms with van der Waals surface area (Å²) in [4.78, 5) is 36.9. The van der Waals surface area contributed by atoms with Crippen molar-refractivity contribution in [2.45, 2.75) is 25.6 Å². The van der Waals surface area contributed by atoms with Gasteiger partial charge in [-0.25, -0.2) is 9.10 Å². The molecule has 1 unspecified atom stereocenters. The van der Waals surface area contributed by atoms with Crippen LogP contribution in [0.1, 0.15) is 27.0 Å². The molecule has 0 saturated carbocycles. The highest BCUT2D eigenvalue weighted by Crippen LogP contribution is 2.19. The zero-order valence-corrected chi connectivity index (χ0v) is 17.2. The molecule has 0 aromatic heterocycles. The van der Waals surface area contributed by atoms with Gasteiger partial charge < -0.3 is 15.8 Å². The number of benzene rings is 2. The molecule has 0 radical (unpaired) electrons. The molecule has 31 heavy (non-hydrogen) atoms. The Morgan fingerprint density at radius 1 is 1.13 bits per heavy atom. The molecule has 1 aliphatic heterocycles. The third-order valence-corrected chi connectivity index (χ3v) is 5.62. The van der Waals surface area contributed by atoms with Crippen LogP contribution in [0.3, 0.4) is 0 Å². The van der Waals surface area contributed by atoms with Gasteiger partial charge >= 0.3 is 16.3 Å². The minimum absolute atomic E-state index is 0.0479. The molecule has 1 fully saturated rings. The molecule has 164 valence electrons. The van der Waals surface area contributed by atoms with Gasteiger partial charge in [0.1, 0.15) is 12.6 Å². The Kier molecular flexibility index (Phi) is 6.68. The van der Waals surface area contributed by atoms with Gasteiger partial charge in [0.2, 0.25) is 5.91 Å². The molecule has 0 bridgehead atoms. The van der Waals surface area contributed by atoms with Crippen LogP contribution in [0.25, 0.3) is 0 Å². The van der Waals surface area contributed by atoms with E-state index >= 15 is 0 Å². The van der Waals surface area contributed by atoms with Crippen LogP contribution in [-0.4, -0.2) is 47.6 Å². The van der Waals surface area contributed by atoms with Crippen LogP contribution in [0.5, 0.6) is 0 Å². The molecule has 0 aliphatic carbocycles. The Morgan fingerprint density at radius 2 is 1.81 bits per heavy atom. The maximum Gasteiger partial charge on any atom is 0.362 e. The molecule has 2 aromatic carbocycles. The van der Waals surface area contributed by atoms with E-state index in [1.54, 1.807) is 18.2 Å². The molecule has 1 aliphatic rings. The van der Waals surface area contributed by atoms with Crippen molar-refractivity contribution in [2.24, 2.45) is 5.73 Å². The van der Waals surface area contributed by atoms with Crippen molar-refractivity contribution in [3.8, 4) is 0 Å². The van der Waals surface area contributed by atoms with Gasteiger partial charge in [-0.3, -0.25) is 14.1 Å². The molecule has 11 heteroatoms. The largest absolute Gasteiger partial charge is 0.457 e. The first-order valence-electron chi connectivity index (χ1n) is 9.31. The van der Waals surface area contributed by atoms with Gasteiger partial charge in [0.15, 0.2) is 0 Å². The molecule has 0 spiro atoms. The van der Waals surface area contributed by atoms with Crippen molar-refractivity contribution in [3.05, 3.63) is 70.8 Å². The van der Waals surface area contributed by atoms with Crippen LogP contribution in [0.4, 0.5) is 0 Å². The van der Waals surface area contributed by atoms with E-state index in [2.05, 4.69) is 5.32 Å². The average molecular weight is 447 g/mol. The first-order valence-corrected chi connectivity index (χ1v) is 10.7. The number of rotatable bonds is 8. The predicted octanol–water partition coefficient (Wildman–Crippen LogP) is 0.175. The molecule has 1 saturated heterocycles. The monoisotopic (exact) mass is 447 g/mol. The molecule has 1 atom stereocenters. The topological polar surface area (TPSA) is 156 Å². The van der Waals surface area contributed by atoms with E-state index in [1.165, 1.54) is 0 Å². The maximum atomic E-state index is 12.7. The van der Waals surface area contributed by atoms with Gasteiger partial charge in [0.25, 0.3) is 5.91 Å². The van der Waals surface area contributed by atoms with Crippen molar-refractivity contribution in [3.63, 3.8) is 0 Å². The standard InChI is InChI=1S/C20H21N3O7S/c21-10-15-8-4-7-14(18(15)20(26)30-12-13-5-2-1-3-6-13)9-17(24)22-16-11-23(19(16)25)31(27,28)29/h1-8,16H,9-12,21H2,(H,22,24)(H,27,28,29). The van der Waals surface area contributed by atoms with E-state index in [0.29, 0.717) is 11.1 Å². The summed E-state index contributed by atoms with van der Waals surface area (Å²) in [5.41, 5.74) is 7.58. The number of amides is 2. The van der Waals surface area contributed by atoms with Crippen LogP contribution in [-0.2, 0) is 44.2 Å². The van der Waals surface area contributed by atoms with E-state index in [1.807, 2.05) is 30.3 Å². The second-order valence-corrected chi connectivity index (χ2v) is 8.20. The highest BCUT2D eigenvalue weighted by Gasteiger charge is 2.44. The first kappa shape index (κ1) is 22.4. The third kappa shape index (κ3) is 5.26. The molecule has 3 rings (SSSR count). The van der Waals surface area contributed by atoms with Gasteiger partial charge in [0.05, 0.1) is 18.5 Å². The van der Waals surface area contributed by atoms with Crippen molar-refractivity contribution in [2.75, 3.05) is 6.54 Å². The fraction of sp³-hybridized carbons (Fsp3) is 0.250. The predicted molar refractivity (Wildman–Crippen MR) is 109 cm³/mol. The smallest absolute Gasteiger partial charge is 0.362 e. The van der Waals surface area contributed by atoms with E-state index in [4.69, 9.17) is 15.0 Å². The first-order chi connectivity index (χ1) is 14.7. The minimum Gasteiger partial charge on any atom is -0.457 e. The van der Waals surface area contributed by atoms with Crippen molar-refractivity contribution < 1.29 is 32.1 Å². The fourth-order valence-corrected chi connectivity index (χ4v) is 3.85. The summed E-state index contributed by atoms with van der Waals surface area (Å²) in [7, 11) is -4.64. The summed E-state index contributed by atoms with van der Waals surface area (Å²) in [5.74, 6) is -2.17. The van der Waals surface area contributed by atoms with E-state index in [9.17, 15) is 22.8 Å². The number of carbonyl (C=O) groups is 3. The SMILES string of the molecule is NCc1cccc(CC(=O)NC2CN(S(=O)(=O)O)C2=O)c1C(=O)OCc1ccccc1. The molecular weight excluding hydrogens is 426 g/mol. The molecular formula is C20H21N3O7S. The van der Waals surface area contributed by atoms with Crippen molar-refractivity contribution in [1.82, 2.24) is 9.62 Å². The second kappa shape index (κ2) is 9.25. The molecule has 10 nitrogen and oxygen atoms in total. The van der Waals surface area contributed by atoms with Crippen LogP contribution in [0, 0.1) is 0 Å². The highest BCUT2D eigenvalue weighted by molar-refractivity contribution is 7.84. The number of ether oxygens (including phenoxy) is 1. The molecule has 1 heterocycles. The van der Waals surface area contributed by atoms with Gasteiger partial charge in [-0.2, -0.15) is 8.42 Å². The zero-order chi connectivity index (χ0) is 22.6. The lowest BCUT2D eigenvalue weighted by atomic mass is 9.98.